The standard InChI is InChI=1S/C6H10O3/c1-4(5(2)7)3-6(8)9/h3,5,7H,1-2H3,(H,8,9)/b4-3+. The number of carbonyl (C=O) groups is 1. The summed E-state index contributed by atoms with van der Waals surface area (Å²) in [6.07, 6.45) is 0.325. The van der Waals surface area contributed by atoms with Crippen molar-refractivity contribution in [3.8, 4) is 0 Å². The SMILES string of the molecule is C/C(=C\C(=O)O)C(C)O. The van der Waals surface area contributed by atoms with Crippen molar-refractivity contribution < 1.29 is 15.0 Å². The summed E-state index contributed by atoms with van der Waals surface area (Å²) in [6.45, 7) is 3.09. The van der Waals surface area contributed by atoms with Crippen LogP contribution in [0.15, 0.2) is 11.6 Å². The van der Waals surface area contributed by atoms with E-state index in [0.29, 0.717) is 5.57 Å². The van der Waals surface area contributed by atoms with Gasteiger partial charge in [-0.15, -0.1) is 0 Å². The van der Waals surface area contributed by atoms with Crippen molar-refractivity contribution in [1.82, 2.24) is 0 Å². The van der Waals surface area contributed by atoms with Crippen LogP contribution in [0.3, 0.4) is 0 Å². The van der Waals surface area contributed by atoms with E-state index in [1.807, 2.05) is 0 Å². The van der Waals surface area contributed by atoms with Crippen LogP contribution in [0.4, 0.5) is 0 Å². The van der Waals surface area contributed by atoms with Gasteiger partial charge in [0, 0.05) is 6.08 Å². The summed E-state index contributed by atoms with van der Waals surface area (Å²) in [4.78, 5) is 9.93. The fraction of sp³-hybridized carbons (Fsp3) is 0.500. The maximum Gasteiger partial charge on any atom is 0.328 e. The molecule has 0 aromatic rings. The molecule has 0 aliphatic rings. The predicted octanol–water partition coefficient (Wildman–Crippen LogP) is 0.398. The van der Waals surface area contributed by atoms with E-state index in [1.165, 1.54) is 6.92 Å². The maximum atomic E-state index is 9.93. The van der Waals surface area contributed by atoms with Gasteiger partial charge in [-0.05, 0) is 19.4 Å². The van der Waals surface area contributed by atoms with E-state index in [0.717, 1.165) is 6.08 Å². The third-order valence-corrected chi connectivity index (χ3v) is 1.01. The number of aliphatic hydroxyl groups is 1. The van der Waals surface area contributed by atoms with Crippen molar-refractivity contribution in [3.05, 3.63) is 11.6 Å². The molecule has 0 bridgehead atoms. The fourth-order valence-electron chi connectivity index (χ4n) is 0.315. The van der Waals surface area contributed by atoms with Gasteiger partial charge in [0.2, 0.25) is 0 Å². The van der Waals surface area contributed by atoms with Crippen molar-refractivity contribution in [1.29, 1.82) is 0 Å². The van der Waals surface area contributed by atoms with E-state index in [1.54, 1.807) is 6.92 Å². The van der Waals surface area contributed by atoms with Gasteiger partial charge in [0.15, 0.2) is 0 Å². The fourth-order valence-corrected chi connectivity index (χ4v) is 0.315. The van der Waals surface area contributed by atoms with Crippen LogP contribution < -0.4 is 0 Å². The average molecular weight is 130 g/mol. The number of aliphatic hydroxyl groups excluding tert-OH is 1. The number of rotatable bonds is 2. The first-order valence-corrected chi connectivity index (χ1v) is 2.63. The van der Waals surface area contributed by atoms with Crippen LogP contribution in [-0.2, 0) is 4.79 Å². The Bertz CT molecular complexity index is 135. The largest absolute Gasteiger partial charge is 0.478 e. The lowest BCUT2D eigenvalue weighted by Gasteiger charge is -2.00. The average Bonchev–Trinajstić information content (AvgIpc) is 1.63. The highest BCUT2D eigenvalue weighted by Gasteiger charge is 1.98. The van der Waals surface area contributed by atoms with E-state index in [4.69, 9.17) is 10.2 Å². The second-order valence-corrected chi connectivity index (χ2v) is 1.90. The number of carboxylic acid groups (broad SMARTS) is 1. The summed E-state index contributed by atoms with van der Waals surface area (Å²) in [6, 6.07) is 0. The van der Waals surface area contributed by atoms with E-state index in [9.17, 15) is 4.79 Å². The minimum Gasteiger partial charge on any atom is -0.478 e. The molecular formula is C6H10O3. The second-order valence-electron chi connectivity index (χ2n) is 1.90. The Kier molecular flexibility index (Phi) is 2.95. The zero-order valence-corrected chi connectivity index (χ0v) is 5.46. The van der Waals surface area contributed by atoms with E-state index >= 15 is 0 Å². The molecule has 0 aromatic heterocycles. The summed E-state index contributed by atoms with van der Waals surface area (Å²) in [7, 11) is 0. The quantitative estimate of drug-likeness (QED) is 0.532. The highest BCUT2D eigenvalue weighted by Crippen LogP contribution is 1.97. The molecule has 0 aromatic carbocycles. The summed E-state index contributed by atoms with van der Waals surface area (Å²) in [5.41, 5.74) is 0.461. The van der Waals surface area contributed by atoms with Crippen LogP contribution in [-0.4, -0.2) is 22.3 Å². The van der Waals surface area contributed by atoms with Crippen molar-refractivity contribution >= 4 is 5.97 Å². The van der Waals surface area contributed by atoms with Gasteiger partial charge in [-0.2, -0.15) is 0 Å². The normalized spacial score (nSPS) is 15.2. The molecule has 2 N–H and O–H groups in total. The second kappa shape index (κ2) is 3.25. The Labute approximate surface area is 53.6 Å². The summed E-state index contributed by atoms with van der Waals surface area (Å²) in [5.74, 6) is -1.02. The lowest BCUT2D eigenvalue weighted by molar-refractivity contribution is -0.131. The molecule has 0 spiro atoms. The Hall–Kier alpha value is -0.830. The molecule has 0 rings (SSSR count). The maximum absolute atomic E-state index is 9.93. The summed E-state index contributed by atoms with van der Waals surface area (Å²) >= 11 is 0. The molecule has 52 valence electrons. The van der Waals surface area contributed by atoms with E-state index in [2.05, 4.69) is 0 Å². The Morgan fingerprint density at radius 3 is 2.22 bits per heavy atom. The number of aliphatic carboxylic acids is 1. The van der Waals surface area contributed by atoms with Crippen LogP contribution in [0.5, 0.6) is 0 Å². The highest BCUT2D eigenvalue weighted by atomic mass is 16.4. The van der Waals surface area contributed by atoms with Gasteiger partial charge < -0.3 is 10.2 Å². The molecule has 9 heavy (non-hydrogen) atoms. The molecule has 1 unspecified atom stereocenters. The molecule has 0 amide bonds. The molecule has 0 heterocycles. The zero-order valence-electron chi connectivity index (χ0n) is 5.46. The van der Waals surface area contributed by atoms with Crippen LogP contribution in [0, 0.1) is 0 Å². The first-order valence-electron chi connectivity index (χ1n) is 2.63. The zero-order chi connectivity index (χ0) is 7.44. The Morgan fingerprint density at radius 1 is 1.67 bits per heavy atom. The van der Waals surface area contributed by atoms with Crippen LogP contribution in [0.2, 0.25) is 0 Å². The van der Waals surface area contributed by atoms with Crippen LogP contribution in [0.1, 0.15) is 13.8 Å². The Morgan fingerprint density at radius 2 is 2.11 bits per heavy atom. The van der Waals surface area contributed by atoms with Gasteiger partial charge in [-0.3, -0.25) is 0 Å². The third kappa shape index (κ3) is 3.73. The lowest BCUT2D eigenvalue weighted by atomic mass is 10.2. The van der Waals surface area contributed by atoms with Gasteiger partial charge in [-0.25, -0.2) is 4.79 Å². The predicted molar refractivity (Wildman–Crippen MR) is 33.1 cm³/mol. The Balaban J connectivity index is 4.00. The smallest absolute Gasteiger partial charge is 0.328 e. The van der Waals surface area contributed by atoms with Gasteiger partial charge in [0.25, 0.3) is 0 Å². The van der Waals surface area contributed by atoms with Gasteiger partial charge in [0.05, 0.1) is 6.10 Å². The lowest BCUT2D eigenvalue weighted by Crippen LogP contribution is -2.03. The van der Waals surface area contributed by atoms with Gasteiger partial charge in [-0.1, -0.05) is 0 Å². The molecule has 3 nitrogen and oxygen atoms in total. The van der Waals surface area contributed by atoms with Crippen LogP contribution >= 0.6 is 0 Å². The minimum atomic E-state index is -1.02. The molecule has 0 aliphatic carbocycles. The molecule has 0 fully saturated rings. The summed E-state index contributed by atoms with van der Waals surface area (Å²) < 4.78 is 0. The first kappa shape index (κ1) is 8.17. The first-order chi connectivity index (χ1) is 4.04. The number of hydrogen-bond donors (Lipinski definition) is 2. The minimum absolute atomic E-state index is 0.461. The molecule has 0 aliphatic heterocycles. The van der Waals surface area contributed by atoms with Crippen LogP contribution in [0.25, 0.3) is 0 Å². The van der Waals surface area contributed by atoms with E-state index in [-0.39, 0.29) is 0 Å². The molecular weight excluding hydrogens is 120 g/mol. The third-order valence-electron chi connectivity index (χ3n) is 1.01. The van der Waals surface area contributed by atoms with E-state index < -0.39 is 12.1 Å². The van der Waals surface area contributed by atoms with Crippen molar-refractivity contribution in [2.45, 2.75) is 20.0 Å². The topological polar surface area (TPSA) is 57.5 Å². The monoisotopic (exact) mass is 130 g/mol. The van der Waals surface area contributed by atoms with Gasteiger partial charge >= 0.3 is 5.97 Å². The van der Waals surface area contributed by atoms with Crippen molar-refractivity contribution in [2.75, 3.05) is 0 Å². The van der Waals surface area contributed by atoms with Crippen molar-refractivity contribution in [2.24, 2.45) is 0 Å². The molecule has 0 saturated carbocycles. The number of carboxylic acids is 1. The van der Waals surface area contributed by atoms with Crippen molar-refractivity contribution in [3.63, 3.8) is 0 Å². The summed E-state index contributed by atoms with van der Waals surface area (Å²) in [5, 5.41) is 16.9. The molecule has 0 radical (unpaired) electrons. The highest BCUT2D eigenvalue weighted by molar-refractivity contribution is 5.80. The van der Waals surface area contributed by atoms with Gasteiger partial charge in [0.1, 0.15) is 0 Å². The molecule has 0 saturated heterocycles. The molecule has 1 atom stereocenters. The molecule has 3 heteroatoms. The number of hydrogen-bond acceptors (Lipinski definition) is 2.